The Morgan fingerprint density at radius 1 is 0.952 bits per heavy atom. The van der Waals surface area contributed by atoms with Gasteiger partial charge in [-0.1, -0.05) is 49.7 Å². The highest BCUT2D eigenvalue weighted by molar-refractivity contribution is 6.30. The monoisotopic (exact) mass is 872 g/mol. The van der Waals surface area contributed by atoms with Gasteiger partial charge in [0.25, 0.3) is 5.91 Å². The molecule has 1 spiro atoms. The lowest BCUT2D eigenvalue weighted by atomic mass is 9.59. The van der Waals surface area contributed by atoms with Crippen molar-refractivity contribution >= 4 is 35.1 Å². The Hall–Kier alpha value is -5.72. The molecule has 63 heavy (non-hydrogen) atoms. The van der Waals surface area contributed by atoms with Gasteiger partial charge in [0, 0.05) is 58.6 Å². The van der Waals surface area contributed by atoms with E-state index in [-0.39, 0.29) is 36.2 Å². The molecule has 5 N–H and O–H groups in total. The van der Waals surface area contributed by atoms with Crippen molar-refractivity contribution in [3.63, 3.8) is 0 Å². The van der Waals surface area contributed by atoms with E-state index >= 15 is 0 Å². The summed E-state index contributed by atoms with van der Waals surface area (Å²) < 4.78 is 12.1. The predicted molar refractivity (Wildman–Crippen MR) is 245 cm³/mol. The number of benzene rings is 3. The largest absolute Gasteiger partial charge is 0.496 e. The van der Waals surface area contributed by atoms with Crippen molar-refractivity contribution in [3.8, 4) is 22.8 Å². The van der Waals surface area contributed by atoms with Crippen LogP contribution in [0.5, 0.6) is 11.5 Å². The van der Waals surface area contributed by atoms with Gasteiger partial charge < -0.3 is 35.6 Å². The highest BCUT2D eigenvalue weighted by atomic mass is 35.5. The molecule has 4 atom stereocenters. The molecule has 3 aromatic carbocycles. The number of hydrogen-bond donors (Lipinski definition) is 5. The molecule has 0 radical (unpaired) electrons. The molecule has 13 heteroatoms. The number of ether oxygens (including phenoxy) is 2. The minimum atomic E-state index is -1.17. The van der Waals surface area contributed by atoms with Crippen LogP contribution in [0.1, 0.15) is 97.5 Å². The maximum atomic E-state index is 13.8. The van der Waals surface area contributed by atoms with E-state index in [1.165, 1.54) is 11.1 Å². The summed E-state index contributed by atoms with van der Waals surface area (Å²) in [5.74, 6) is 1.62. The minimum absolute atomic E-state index is 0.0101. The summed E-state index contributed by atoms with van der Waals surface area (Å²) in [5.41, 5.74) is 5.84. The number of carboxylic acid groups (broad SMARTS) is 1. The molecule has 8 rings (SSSR count). The summed E-state index contributed by atoms with van der Waals surface area (Å²) in [6.45, 7) is 5.18. The standard InChI is InChI=1S/C50H57ClN6O6/c1-31(30-63-44-17-23-52-42-12-6-8-32(2)45(42)44)24-35-25-33-14-15-34(26-40(33)49(35)18-20-50(21-19-49,47(60)61)57-37-10-7-9-36(51)27-37)46(59)54-28-38(58)29-55-48-53-22-16-41(56-48)39-11-4-5-13-43(39)62-3/h4-5,7,9-11,13-17,22-23,26-27,31-32,35,38,57-58H,6,8,12,18-21,24-25,28-30H2,1-3H3,(H,54,59)(H,60,61)(H,53,55,56)/t31-,32-,35+,38?,49?,50?/m1/s1. The number of aliphatic hydroxyl groups is 1. The lowest BCUT2D eigenvalue weighted by Crippen LogP contribution is -2.53. The third kappa shape index (κ3) is 9.48. The first kappa shape index (κ1) is 43.9. The summed E-state index contributed by atoms with van der Waals surface area (Å²) in [4.78, 5) is 40.5. The summed E-state index contributed by atoms with van der Waals surface area (Å²) in [6.07, 6.45) is 9.60. The molecule has 1 amide bonds. The van der Waals surface area contributed by atoms with E-state index in [0.29, 0.717) is 71.9 Å². The number of pyridine rings is 1. The third-order valence-corrected chi connectivity index (χ3v) is 13.8. The molecular formula is C50H57ClN6O6. The van der Waals surface area contributed by atoms with Crippen LogP contribution in [0.15, 0.2) is 91.3 Å². The van der Waals surface area contributed by atoms with Crippen LogP contribution >= 0.6 is 11.6 Å². The average Bonchev–Trinajstić information content (AvgIpc) is 3.58. The van der Waals surface area contributed by atoms with Crippen molar-refractivity contribution in [2.75, 3.05) is 37.4 Å². The van der Waals surface area contributed by atoms with Gasteiger partial charge in [0.15, 0.2) is 0 Å². The van der Waals surface area contributed by atoms with E-state index in [1.807, 2.05) is 60.8 Å². The van der Waals surface area contributed by atoms with Crippen molar-refractivity contribution in [3.05, 3.63) is 124 Å². The lowest BCUT2D eigenvalue weighted by molar-refractivity contribution is -0.144. The second-order valence-corrected chi connectivity index (χ2v) is 18.2. The Balaban J connectivity index is 0.969. The first-order chi connectivity index (χ1) is 30.5. The number of amides is 1. The van der Waals surface area contributed by atoms with Gasteiger partial charge in [-0.2, -0.15) is 0 Å². The smallest absolute Gasteiger partial charge is 0.329 e. The number of para-hydroxylation sites is 1. The van der Waals surface area contributed by atoms with E-state index in [4.69, 9.17) is 21.1 Å². The molecular weight excluding hydrogens is 816 g/mol. The number of nitrogens with zero attached hydrogens (tertiary/aromatic N) is 3. The molecule has 1 fully saturated rings. The van der Waals surface area contributed by atoms with E-state index in [9.17, 15) is 19.8 Å². The SMILES string of the molecule is COc1ccccc1-c1ccnc(NCC(O)CNC(=O)c2ccc3c(c2)C2(CCC(Nc4cccc(Cl)c4)(C(=O)O)CC2)[C@@H](C[C@@H](C)COc2ccnc4c2[C@H](C)CCC4)C3)n1. The fourth-order valence-corrected chi connectivity index (χ4v) is 10.5. The Kier molecular flexibility index (Phi) is 13.2. The quantitative estimate of drug-likeness (QED) is 0.0643. The molecule has 1 unspecified atom stereocenters. The van der Waals surface area contributed by atoms with Crippen molar-refractivity contribution in [2.24, 2.45) is 11.8 Å². The van der Waals surface area contributed by atoms with Crippen LogP contribution in [0.4, 0.5) is 11.6 Å². The van der Waals surface area contributed by atoms with Crippen molar-refractivity contribution < 1.29 is 29.3 Å². The zero-order chi connectivity index (χ0) is 44.1. The maximum Gasteiger partial charge on any atom is 0.329 e. The molecule has 3 aliphatic carbocycles. The normalized spacial score (nSPS) is 22.3. The molecule has 2 heterocycles. The number of aryl methyl sites for hydroxylation is 1. The molecule has 2 aromatic heterocycles. The van der Waals surface area contributed by atoms with Crippen LogP contribution in [0.25, 0.3) is 11.3 Å². The number of carbonyl (C=O) groups is 2. The Bertz CT molecular complexity index is 2440. The number of fused-ring (bicyclic) bond motifs is 3. The lowest BCUT2D eigenvalue weighted by Gasteiger charge is -2.47. The molecule has 3 aliphatic rings. The van der Waals surface area contributed by atoms with Crippen LogP contribution in [-0.4, -0.2) is 75.5 Å². The minimum Gasteiger partial charge on any atom is -0.496 e. The predicted octanol–water partition coefficient (Wildman–Crippen LogP) is 8.87. The van der Waals surface area contributed by atoms with Crippen LogP contribution in [-0.2, 0) is 23.1 Å². The second-order valence-electron chi connectivity index (χ2n) is 17.8. The number of aromatic nitrogens is 3. The van der Waals surface area contributed by atoms with Gasteiger partial charge in [0.1, 0.15) is 17.0 Å². The maximum absolute atomic E-state index is 13.8. The first-order valence-corrected chi connectivity index (χ1v) is 22.5. The summed E-state index contributed by atoms with van der Waals surface area (Å²) in [6, 6.07) is 24.5. The zero-order valence-corrected chi connectivity index (χ0v) is 37.0. The number of halogens is 1. The van der Waals surface area contributed by atoms with Gasteiger partial charge >= 0.3 is 5.97 Å². The van der Waals surface area contributed by atoms with E-state index in [1.54, 1.807) is 31.5 Å². The van der Waals surface area contributed by atoms with Gasteiger partial charge in [0.05, 0.1) is 25.5 Å². The molecule has 5 aromatic rings. The fourth-order valence-electron chi connectivity index (χ4n) is 10.3. The van der Waals surface area contributed by atoms with Gasteiger partial charge in [-0.15, -0.1) is 0 Å². The topological polar surface area (TPSA) is 168 Å². The van der Waals surface area contributed by atoms with E-state index in [0.717, 1.165) is 54.7 Å². The number of aliphatic hydroxyl groups excluding tert-OH is 1. The zero-order valence-electron chi connectivity index (χ0n) is 36.2. The first-order valence-electron chi connectivity index (χ1n) is 22.1. The number of rotatable bonds is 16. The number of hydrogen-bond acceptors (Lipinski definition) is 10. The van der Waals surface area contributed by atoms with Crippen molar-refractivity contribution in [2.45, 2.75) is 94.6 Å². The fraction of sp³-hybridized carbons (Fsp3) is 0.420. The van der Waals surface area contributed by atoms with Crippen LogP contribution in [0, 0.1) is 11.8 Å². The Morgan fingerprint density at radius 3 is 2.56 bits per heavy atom. The van der Waals surface area contributed by atoms with Gasteiger partial charge in [-0.05, 0) is 147 Å². The molecule has 0 aliphatic heterocycles. The van der Waals surface area contributed by atoms with Crippen LogP contribution in [0.3, 0.4) is 0 Å². The van der Waals surface area contributed by atoms with E-state index in [2.05, 4.69) is 50.8 Å². The molecule has 1 saturated carbocycles. The van der Waals surface area contributed by atoms with Gasteiger partial charge in [-0.25, -0.2) is 14.8 Å². The van der Waals surface area contributed by atoms with Gasteiger partial charge in [-0.3, -0.25) is 9.78 Å². The molecule has 0 saturated heterocycles. The van der Waals surface area contributed by atoms with Crippen LogP contribution in [0.2, 0.25) is 5.02 Å². The number of anilines is 2. The highest BCUT2D eigenvalue weighted by Gasteiger charge is 2.54. The number of nitrogens with one attached hydrogen (secondary N) is 3. The Labute approximate surface area is 374 Å². The molecule has 330 valence electrons. The summed E-state index contributed by atoms with van der Waals surface area (Å²) in [7, 11) is 1.61. The number of carboxylic acids is 1. The van der Waals surface area contributed by atoms with Gasteiger partial charge in [0.2, 0.25) is 5.95 Å². The van der Waals surface area contributed by atoms with Crippen molar-refractivity contribution in [1.82, 2.24) is 20.3 Å². The van der Waals surface area contributed by atoms with Crippen LogP contribution < -0.4 is 25.4 Å². The average molecular weight is 873 g/mol. The Morgan fingerprint density at radius 2 is 1.76 bits per heavy atom. The summed E-state index contributed by atoms with van der Waals surface area (Å²) >= 11 is 6.31. The summed E-state index contributed by atoms with van der Waals surface area (Å²) in [5, 5.41) is 31.6. The number of methoxy groups -OCH3 is 1. The second kappa shape index (κ2) is 18.9. The number of carbonyl (C=O) groups excluding carboxylic acids is 1. The van der Waals surface area contributed by atoms with Crippen molar-refractivity contribution in [1.29, 1.82) is 0 Å². The third-order valence-electron chi connectivity index (χ3n) is 13.6. The molecule has 12 nitrogen and oxygen atoms in total. The van der Waals surface area contributed by atoms with E-state index < -0.39 is 17.6 Å². The number of aliphatic carboxylic acids is 1. The highest BCUT2D eigenvalue weighted by Crippen LogP contribution is 2.56. The molecule has 0 bridgehead atoms.